The number of aliphatic hydroxyl groups excluding tert-OH is 1. The second kappa shape index (κ2) is 8.80. The highest BCUT2D eigenvalue weighted by atomic mass is 16.3. The molecule has 0 saturated heterocycles. The monoisotopic (exact) mass is 333 g/mol. The molecule has 1 aliphatic rings. The Labute approximate surface area is 142 Å². The molecule has 24 heavy (non-hydrogen) atoms. The topological polar surface area (TPSA) is 104 Å². The SMILES string of the molecule is Cc1cccc(C(=O)NNC(=O)C(O)C(N)CC2CCCCC2)c1. The van der Waals surface area contributed by atoms with Crippen LogP contribution in [0.15, 0.2) is 24.3 Å². The van der Waals surface area contributed by atoms with Crippen LogP contribution in [0.4, 0.5) is 0 Å². The van der Waals surface area contributed by atoms with E-state index in [2.05, 4.69) is 10.9 Å². The predicted octanol–water partition coefficient (Wildman–Crippen LogP) is 1.41. The van der Waals surface area contributed by atoms with Crippen LogP contribution < -0.4 is 16.6 Å². The number of carbonyl (C=O) groups is 2. The van der Waals surface area contributed by atoms with Gasteiger partial charge in [-0.05, 0) is 31.4 Å². The second-order valence-corrected chi connectivity index (χ2v) is 6.66. The number of amides is 2. The van der Waals surface area contributed by atoms with E-state index in [-0.39, 0.29) is 0 Å². The Morgan fingerprint density at radius 3 is 2.62 bits per heavy atom. The molecule has 1 aromatic rings. The van der Waals surface area contributed by atoms with E-state index >= 15 is 0 Å². The van der Waals surface area contributed by atoms with Crippen molar-refractivity contribution in [3.63, 3.8) is 0 Å². The molecule has 0 heterocycles. The number of aryl methyl sites for hydroxylation is 1. The maximum absolute atomic E-state index is 12.0. The van der Waals surface area contributed by atoms with E-state index < -0.39 is 24.0 Å². The quantitative estimate of drug-likeness (QED) is 0.612. The van der Waals surface area contributed by atoms with Gasteiger partial charge in [0.1, 0.15) is 6.10 Å². The lowest BCUT2D eigenvalue weighted by atomic mass is 9.84. The van der Waals surface area contributed by atoms with E-state index in [0.29, 0.717) is 17.9 Å². The zero-order valence-electron chi connectivity index (χ0n) is 14.1. The van der Waals surface area contributed by atoms with Crippen LogP contribution in [0.2, 0.25) is 0 Å². The normalized spacial score (nSPS) is 17.8. The molecule has 6 heteroatoms. The van der Waals surface area contributed by atoms with Gasteiger partial charge in [-0.15, -0.1) is 0 Å². The van der Waals surface area contributed by atoms with Crippen molar-refractivity contribution in [1.82, 2.24) is 10.9 Å². The van der Waals surface area contributed by atoms with Crippen molar-refractivity contribution >= 4 is 11.8 Å². The van der Waals surface area contributed by atoms with E-state index in [4.69, 9.17) is 5.73 Å². The van der Waals surface area contributed by atoms with Crippen LogP contribution >= 0.6 is 0 Å². The van der Waals surface area contributed by atoms with E-state index in [1.807, 2.05) is 13.0 Å². The number of carbonyl (C=O) groups excluding carboxylic acids is 2. The van der Waals surface area contributed by atoms with E-state index in [1.165, 1.54) is 19.3 Å². The number of nitrogens with two attached hydrogens (primary N) is 1. The van der Waals surface area contributed by atoms with Gasteiger partial charge in [-0.1, -0.05) is 49.8 Å². The number of hydrazine groups is 1. The third-order valence-corrected chi connectivity index (χ3v) is 4.58. The summed E-state index contributed by atoms with van der Waals surface area (Å²) < 4.78 is 0. The number of rotatable bonds is 5. The van der Waals surface area contributed by atoms with E-state index in [9.17, 15) is 14.7 Å². The molecule has 2 unspecified atom stereocenters. The smallest absolute Gasteiger partial charge is 0.269 e. The standard InChI is InChI=1S/C18H27N3O3/c1-12-6-5-9-14(10-12)17(23)20-21-18(24)16(22)15(19)11-13-7-3-2-4-8-13/h5-6,9-10,13,15-16,22H,2-4,7-8,11,19H2,1H3,(H,20,23)(H,21,24). The fourth-order valence-electron chi connectivity index (χ4n) is 3.18. The van der Waals surface area contributed by atoms with Gasteiger partial charge in [0.15, 0.2) is 0 Å². The van der Waals surface area contributed by atoms with Crippen LogP contribution in [0.3, 0.4) is 0 Å². The molecule has 0 spiro atoms. The molecule has 1 aliphatic carbocycles. The average Bonchev–Trinajstić information content (AvgIpc) is 2.59. The Bertz CT molecular complexity index is 570. The minimum absolute atomic E-state index is 0.430. The lowest BCUT2D eigenvalue weighted by Crippen LogP contribution is -2.52. The third-order valence-electron chi connectivity index (χ3n) is 4.58. The summed E-state index contributed by atoms with van der Waals surface area (Å²) in [5.74, 6) is -0.641. The Hall–Kier alpha value is -1.92. The zero-order chi connectivity index (χ0) is 17.5. The molecule has 132 valence electrons. The molecule has 2 amide bonds. The summed E-state index contributed by atoms with van der Waals surface area (Å²) in [5, 5.41) is 10.1. The summed E-state index contributed by atoms with van der Waals surface area (Å²) in [4.78, 5) is 23.9. The zero-order valence-corrected chi connectivity index (χ0v) is 14.1. The van der Waals surface area contributed by atoms with Gasteiger partial charge >= 0.3 is 0 Å². The molecule has 6 nitrogen and oxygen atoms in total. The molecule has 1 aromatic carbocycles. The molecule has 0 aromatic heterocycles. The molecule has 1 fully saturated rings. The first-order chi connectivity index (χ1) is 11.5. The van der Waals surface area contributed by atoms with Crippen molar-refractivity contribution < 1.29 is 14.7 Å². The van der Waals surface area contributed by atoms with Crippen LogP contribution in [-0.2, 0) is 4.79 Å². The molecule has 1 saturated carbocycles. The largest absolute Gasteiger partial charge is 0.382 e. The van der Waals surface area contributed by atoms with Crippen LogP contribution in [0.25, 0.3) is 0 Å². The maximum atomic E-state index is 12.0. The predicted molar refractivity (Wildman–Crippen MR) is 92.0 cm³/mol. The first kappa shape index (κ1) is 18.4. The highest BCUT2D eigenvalue weighted by Crippen LogP contribution is 2.27. The van der Waals surface area contributed by atoms with Crippen molar-refractivity contribution in [1.29, 1.82) is 0 Å². The molecule has 0 aliphatic heterocycles. The molecule has 2 atom stereocenters. The summed E-state index contributed by atoms with van der Waals surface area (Å²) in [5.41, 5.74) is 11.9. The van der Waals surface area contributed by atoms with Crippen molar-refractivity contribution in [2.75, 3.05) is 0 Å². The van der Waals surface area contributed by atoms with E-state index in [0.717, 1.165) is 18.4 Å². The Morgan fingerprint density at radius 2 is 1.96 bits per heavy atom. The highest BCUT2D eigenvalue weighted by molar-refractivity contribution is 5.95. The Balaban J connectivity index is 1.79. The average molecular weight is 333 g/mol. The van der Waals surface area contributed by atoms with Gasteiger partial charge in [-0.3, -0.25) is 20.4 Å². The number of hydrogen-bond acceptors (Lipinski definition) is 4. The van der Waals surface area contributed by atoms with Crippen molar-refractivity contribution in [3.8, 4) is 0 Å². The molecular formula is C18H27N3O3. The van der Waals surface area contributed by atoms with Crippen LogP contribution in [0.5, 0.6) is 0 Å². The van der Waals surface area contributed by atoms with Gasteiger partial charge in [0, 0.05) is 11.6 Å². The van der Waals surface area contributed by atoms with Gasteiger partial charge in [0.05, 0.1) is 0 Å². The number of nitrogens with one attached hydrogen (secondary N) is 2. The van der Waals surface area contributed by atoms with Crippen LogP contribution in [0.1, 0.15) is 54.4 Å². The van der Waals surface area contributed by atoms with Crippen molar-refractivity contribution in [2.24, 2.45) is 11.7 Å². The highest BCUT2D eigenvalue weighted by Gasteiger charge is 2.26. The lowest BCUT2D eigenvalue weighted by molar-refractivity contribution is -0.131. The van der Waals surface area contributed by atoms with Gasteiger partial charge in [0.25, 0.3) is 11.8 Å². The first-order valence-corrected chi connectivity index (χ1v) is 8.58. The first-order valence-electron chi connectivity index (χ1n) is 8.58. The van der Waals surface area contributed by atoms with Crippen molar-refractivity contribution in [3.05, 3.63) is 35.4 Å². The Morgan fingerprint density at radius 1 is 1.25 bits per heavy atom. The lowest BCUT2D eigenvalue weighted by Gasteiger charge is -2.26. The summed E-state index contributed by atoms with van der Waals surface area (Å²) in [6.07, 6.45) is 5.13. The fraction of sp³-hybridized carbons (Fsp3) is 0.556. The van der Waals surface area contributed by atoms with Gasteiger partial charge < -0.3 is 10.8 Å². The Kier molecular flexibility index (Phi) is 6.75. The summed E-state index contributed by atoms with van der Waals surface area (Å²) in [7, 11) is 0. The molecule has 2 rings (SSSR count). The third kappa shape index (κ3) is 5.32. The molecule has 5 N–H and O–H groups in total. The maximum Gasteiger partial charge on any atom is 0.269 e. The number of hydrogen-bond donors (Lipinski definition) is 4. The number of benzene rings is 1. The van der Waals surface area contributed by atoms with Gasteiger partial charge in [0.2, 0.25) is 0 Å². The van der Waals surface area contributed by atoms with Crippen LogP contribution in [0, 0.1) is 12.8 Å². The van der Waals surface area contributed by atoms with Crippen molar-refractivity contribution in [2.45, 2.75) is 57.6 Å². The van der Waals surface area contributed by atoms with E-state index in [1.54, 1.807) is 18.2 Å². The van der Waals surface area contributed by atoms with Gasteiger partial charge in [-0.25, -0.2) is 0 Å². The summed E-state index contributed by atoms with van der Waals surface area (Å²) >= 11 is 0. The molecule has 0 bridgehead atoms. The molecular weight excluding hydrogens is 306 g/mol. The van der Waals surface area contributed by atoms with Crippen LogP contribution in [-0.4, -0.2) is 29.1 Å². The number of aliphatic hydroxyl groups is 1. The second-order valence-electron chi connectivity index (χ2n) is 6.66. The molecule has 0 radical (unpaired) electrons. The summed E-state index contributed by atoms with van der Waals surface area (Å²) in [6.45, 7) is 1.88. The fourth-order valence-corrected chi connectivity index (χ4v) is 3.18. The minimum atomic E-state index is -1.33. The minimum Gasteiger partial charge on any atom is -0.382 e. The summed E-state index contributed by atoms with van der Waals surface area (Å²) in [6, 6.07) is 6.39. The van der Waals surface area contributed by atoms with Gasteiger partial charge in [-0.2, -0.15) is 0 Å².